The maximum atomic E-state index is 12.6. The molecule has 0 aliphatic carbocycles. The number of hydrogen-bond acceptors (Lipinski definition) is 3. The van der Waals surface area contributed by atoms with Gasteiger partial charge in [-0.15, -0.1) is 0 Å². The summed E-state index contributed by atoms with van der Waals surface area (Å²) >= 11 is 0. The molecule has 2 atom stereocenters. The van der Waals surface area contributed by atoms with Gasteiger partial charge in [-0.2, -0.15) is 0 Å². The molecule has 0 spiro atoms. The molecule has 0 saturated carbocycles. The van der Waals surface area contributed by atoms with E-state index in [-0.39, 0.29) is 23.7 Å². The second-order valence-electron chi connectivity index (χ2n) is 6.13. The Morgan fingerprint density at radius 3 is 2.62 bits per heavy atom. The molecular weight excluding hydrogens is 302 g/mol. The highest BCUT2D eigenvalue weighted by Gasteiger charge is 2.28. The molecule has 1 heterocycles. The van der Waals surface area contributed by atoms with Crippen LogP contribution in [0.2, 0.25) is 0 Å². The van der Waals surface area contributed by atoms with Crippen molar-refractivity contribution >= 4 is 11.7 Å². The molecule has 0 bridgehead atoms. The van der Waals surface area contributed by atoms with Crippen molar-refractivity contribution in [2.45, 2.75) is 31.7 Å². The van der Waals surface area contributed by atoms with E-state index in [0.717, 1.165) is 11.3 Å². The zero-order valence-electron chi connectivity index (χ0n) is 13.7. The van der Waals surface area contributed by atoms with Crippen molar-refractivity contribution in [2.75, 3.05) is 6.61 Å². The van der Waals surface area contributed by atoms with E-state index in [1.54, 1.807) is 12.1 Å². The van der Waals surface area contributed by atoms with Crippen molar-refractivity contribution in [1.82, 2.24) is 5.32 Å². The minimum absolute atomic E-state index is 0.0378. The van der Waals surface area contributed by atoms with Gasteiger partial charge in [-0.05, 0) is 19.4 Å². The summed E-state index contributed by atoms with van der Waals surface area (Å²) in [5.74, 6) is 0.552. The minimum atomic E-state index is -0.218. The van der Waals surface area contributed by atoms with Crippen molar-refractivity contribution in [3.8, 4) is 5.75 Å². The van der Waals surface area contributed by atoms with E-state index in [2.05, 4.69) is 5.32 Å². The first-order valence-electron chi connectivity index (χ1n) is 8.25. The smallest absolute Gasteiger partial charge is 0.228 e. The Kier molecular flexibility index (Phi) is 4.94. The Hall–Kier alpha value is -2.62. The maximum absolute atomic E-state index is 12.6. The van der Waals surface area contributed by atoms with Gasteiger partial charge in [0.05, 0.1) is 12.5 Å². The first-order chi connectivity index (χ1) is 11.6. The van der Waals surface area contributed by atoms with Crippen LogP contribution in [0.25, 0.3) is 0 Å². The van der Waals surface area contributed by atoms with E-state index >= 15 is 0 Å². The fourth-order valence-corrected chi connectivity index (χ4v) is 3.03. The zero-order chi connectivity index (χ0) is 16.9. The largest absolute Gasteiger partial charge is 0.493 e. The van der Waals surface area contributed by atoms with E-state index < -0.39 is 0 Å². The number of nitrogens with one attached hydrogen (secondary N) is 1. The molecule has 2 aromatic carbocycles. The summed E-state index contributed by atoms with van der Waals surface area (Å²) in [5.41, 5.74) is 1.60. The first-order valence-corrected chi connectivity index (χ1v) is 8.25. The molecule has 0 aromatic heterocycles. The SMILES string of the molecule is C[C@H](CC(=O)c1ccccc1)NC(=O)[C@H]1CCOc2ccccc21. The van der Waals surface area contributed by atoms with Crippen LogP contribution in [0.4, 0.5) is 0 Å². The fourth-order valence-electron chi connectivity index (χ4n) is 3.03. The van der Waals surface area contributed by atoms with E-state index in [1.807, 2.05) is 49.4 Å². The van der Waals surface area contributed by atoms with Crippen LogP contribution in [-0.4, -0.2) is 24.3 Å². The van der Waals surface area contributed by atoms with Crippen molar-refractivity contribution in [2.24, 2.45) is 0 Å². The molecule has 4 nitrogen and oxygen atoms in total. The number of benzene rings is 2. The predicted molar refractivity (Wildman–Crippen MR) is 92.3 cm³/mol. The van der Waals surface area contributed by atoms with Gasteiger partial charge in [0.1, 0.15) is 5.75 Å². The summed E-state index contributed by atoms with van der Waals surface area (Å²) in [6.45, 7) is 2.40. The Balaban J connectivity index is 1.62. The third-order valence-electron chi connectivity index (χ3n) is 4.25. The Bertz CT molecular complexity index is 727. The molecule has 0 unspecified atom stereocenters. The van der Waals surface area contributed by atoms with Gasteiger partial charge < -0.3 is 10.1 Å². The summed E-state index contributed by atoms with van der Waals surface area (Å²) in [4.78, 5) is 24.9. The van der Waals surface area contributed by atoms with Gasteiger partial charge in [0, 0.05) is 23.6 Å². The average Bonchev–Trinajstić information content (AvgIpc) is 2.61. The number of Topliss-reactive ketones (excluding diaryl/α,β-unsaturated/α-hetero) is 1. The predicted octanol–water partition coefficient (Wildman–Crippen LogP) is 3.33. The van der Waals surface area contributed by atoms with E-state index in [4.69, 9.17) is 4.74 Å². The van der Waals surface area contributed by atoms with Gasteiger partial charge in [-0.1, -0.05) is 48.5 Å². The first kappa shape index (κ1) is 16.2. The van der Waals surface area contributed by atoms with Crippen LogP contribution in [0.1, 0.15) is 41.6 Å². The zero-order valence-corrected chi connectivity index (χ0v) is 13.7. The molecule has 0 radical (unpaired) electrons. The van der Waals surface area contributed by atoms with Crippen molar-refractivity contribution < 1.29 is 14.3 Å². The lowest BCUT2D eigenvalue weighted by atomic mass is 9.92. The summed E-state index contributed by atoms with van der Waals surface area (Å²) in [7, 11) is 0. The molecular formula is C20H21NO3. The van der Waals surface area contributed by atoms with E-state index in [0.29, 0.717) is 25.0 Å². The van der Waals surface area contributed by atoms with Crippen LogP contribution in [0, 0.1) is 0 Å². The summed E-state index contributed by atoms with van der Waals surface area (Å²) in [5, 5.41) is 2.98. The number of carbonyl (C=O) groups is 2. The highest BCUT2D eigenvalue weighted by atomic mass is 16.5. The van der Waals surface area contributed by atoms with E-state index in [1.165, 1.54) is 0 Å². The molecule has 3 rings (SSSR count). The molecule has 4 heteroatoms. The molecule has 24 heavy (non-hydrogen) atoms. The number of ether oxygens (including phenoxy) is 1. The van der Waals surface area contributed by atoms with Gasteiger partial charge in [0.15, 0.2) is 5.78 Å². The van der Waals surface area contributed by atoms with Crippen molar-refractivity contribution in [3.05, 3.63) is 65.7 Å². The molecule has 2 aromatic rings. The average molecular weight is 323 g/mol. The Morgan fingerprint density at radius 2 is 1.83 bits per heavy atom. The number of hydrogen-bond donors (Lipinski definition) is 1. The van der Waals surface area contributed by atoms with Crippen LogP contribution >= 0.6 is 0 Å². The number of ketones is 1. The summed E-state index contributed by atoms with van der Waals surface area (Å²) in [6.07, 6.45) is 0.947. The molecule has 1 aliphatic heterocycles. The summed E-state index contributed by atoms with van der Waals surface area (Å²) < 4.78 is 5.60. The Labute approximate surface area is 141 Å². The topological polar surface area (TPSA) is 55.4 Å². The lowest BCUT2D eigenvalue weighted by molar-refractivity contribution is -0.123. The maximum Gasteiger partial charge on any atom is 0.228 e. The minimum Gasteiger partial charge on any atom is -0.493 e. The van der Waals surface area contributed by atoms with Gasteiger partial charge in [-0.25, -0.2) is 0 Å². The normalized spacial score (nSPS) is 17.3. The standard InChI is InChI=1S/C20H21NO3/c1-14(13-18(22)15-7-3-2-4-8-15)21-20(23)17-11-12-24-19-10-6-5-9-16(17)19/h2-10,14,17H,11-13H2,1H3,(H,21,23)/t14-,17+/m1/s1. The second-order valence-corrected chi connectivity index (χ2v) is 6.13. The monoisotopic (exact) mass is 323 g/mol. The summed E-state index contributed by atoms with van der Waals surface area (Å²) in [6, 6.07) is 16.6. The van der Waals surface area contributed by atoms with Crippen LogP contribution in [0.5, 0.6) is 5.75 Å². The molecule has 1 N–H and O–H groups in total. The number of carbonyl (C=O) groups excluding carboxylic acids is 2. The molecule has 0 fully saturated rings. The fraction of sp³-hybridized carbons (Fsp3) is 0.300. The molecule has 0 saturated heterocycles. The lowest BCUT2D eigenvalue weighted by Gasteiger charge is -2.26. The van der Waals surface area contributed by atoms with Crippen molar-refractivity contribution in [3.63, 3.8) is 0 Å². The third-order valence-corrected chi connectivity index (χ3v) is 4.25. The molecule has 124 valence electrons. The third kappa shape index (κ3) is 3.65. The molecule has 1 amide bonds. The quantitative estimate of drug-likeness (QED) is 0.859. The molecule has 1 aliphatic rings. The second kappa shape index (κ2) is 7.30. The number of para-hydroxylation sites is 1. The van der Waals surface area contributed by atoms with Gasteiger partial charge in [0.2, 0.25) is 5.91 Å². The number of fused-ring (bicyclic) bond motifs is 1. The highest BCUT2D eigenvalue weighted by molar-refractivity contribution is 5.96. The Morgan fingerprint density at radius 1 is 1.12 bits per heavy atom. The lowest BCUT2D eigenvalue weighted by Crippen LogP contribution is -2.39. The highest BCUT2D eigenvalue weighted by Crippen LogP contribution is 2.33. The van der Waals surface area contributed by atoms with Crippen LogP contribution in [0.15, 0.2) is 54.6 Å². The van der Waals surface area contributed by atoms with Crippen LogP contribution in [0.3, 0.4) is 0 Å². The van der Waals surface area contributed by atoms with Crippen LogP contribution in [-0.2, 0) is 4.79 Å². The van der Waals surface area contributed by atoms with Crippen molar-refractivity contribution in [1.29, 1.82) is 0 Å². The van der Waals surface area contributed by atoms with Gasteiger partial charge >= 0.3 is 0 Å². The van der Waals surface area contributed by atoms with Crippen LogP contribution < -0.4 is 10.1 Å². The van der Waals surface area contributed by atoms with Gasteiger partial charge in [-0.3, -0.25) is 9.59 Å². The number of rotatable bonds is 5. The van der Waals surface area contributed by atoms with Gasteiger partial charge in [0.25, 0.3) is 0 Å². The van der Waals surface area contributed by atoms with E-state index in [9.17, 15) is 9.59 Å². The number of amides is 1.